The van der Waals surface area contributed by atoms with Crippen LogP contribution < -0.4 is 9.64 Å². The van der Waals surface area contributed by atoms with Gasteiger partial charge in [0.25, 0.3) is 5.91 Å². The Morgan fingerprint density at radius 3 is 2.32 bits per heavy atom. The first kappa shape index (κ1) is 17.8. The summed E-state index contributed by atoms with van der Waals surface area (Å²) in [7, 11) is 1.64. The number of imide groups is 1. The number of halogens is 1. The lowest BCUT2D eigenvalue weighted by Crippen LogP contribution is -2.44. The molecule has 0 unspecified atom stereocenters. The highest BCUT2D eigenvalue weighted by Crippen LogP contribution is 2.50. The van der Waals surface area contributed by atoms with Gasteiger partial charge in [-0.3, -0.25) is 9.59 Å². The number of ether oxygens (including phenoxy) is 1. The Morgan fingerprint density at radius 1 is 0.929 bits per heavy atom. The molecular weight excluding hydrogens is 422 g/mol. The molecule has 2 aromatic rings. The number of methoxy groups -OCH3 is 1. The lowest BCUT2D eigenvalue weighted by atomic mass is 9.89. The van der Waals surface area contributed by atoms with Gasteiger partial charge in [0, 0.05) is 23.1 Å². The first-order chi connectivity index (χ1) is 13.6. The monoisotopic (exact) mass is 441 g/mol. The average molecular weight is 442 g/mol. The molecular formula is C21H20BrN3O3. The molecule has 3 aliphatic heterocycles. The van der Waals surface area contributed by atoms with E-state index in [1.807, 2.05) is 36.4 Å². The second-order valence-electron chi connectivity index (χ2n) is 7.33. The summed E-state index contributed by atoms with van der Waals surface area (Å²) in [5.74, 6) is 0.0411. The number of nitrogens with zero attached hydrogens (tertiary/aromatic N) is 3. The normalized spacial score (nSPS) is 27.4. The zero-order valence-corrected chi connectivity index (χ0v) is 17.0. The van der Waals surface area contributed by atoms with Gasteiger partial charge in [0.1, 0.15) is 11.8 Å². The molecule has 28 heavy (non-hydrogen) atoms. The molecule has 3 saturated heterocycles. The molecule has 0 saturated carbocycles. The van der Waals surface area contributed by atoms with E-state index in [1.54, 1.807) is 19.2 Å². The fourth-order valence-electron chi connectivity index (χ4n) is 4.84. The third kappa shape index (κ3) is 2.46. The van der Waals surface area contributed by atoms with Crippen molar-refractivity contribution < 1.29 is 14.3 Å². The third-order valence-corrected chi connectivity index (χ3v) is 6.48. The number of rotatable bonds is 3. The van der Waals surface area contributed by atoms with Crippen LogP contribution in [0.4, 0.5) is 5.69 Å². The van der Waals surface area contributed by atoms with Crippen molar-refractivity contribution in [3.63, 3.8) is 0 Å². The molecule has 3 aliphatic rings. The molecule has 0 radical (unpaired) electrons. The number of para-hydroxylation sites is 1. The van der Waals surface area contributed by atoms with Crippen LogP contribution in [0.2, 0.25) is 0 Å². The predicted octanol–water partition coefficient (Wildman–Crippen LogP) is 2.99. The number of amides is 2. The fourth-order valence-corrected chi connectivity index (χ4v) is 5.11. The van der Waals surface area contributed by atoms with Crippen molar-refractivity contribution in [3.05, 3.63) is 58.6 Å². The topological polar surface area (TPSA) is 53.1 Å². The highest BCUT2D eigenvalue weighted by Gasteiger charge is 2.63. The van der Waals surface area contributed by atoms with Crippen LogP contribution in [-0.2, 0) is 9.59 Å². The van der Waals surface area contributed by atoms with Crippen LogP contribution in [0.25, 0.3) is 0 Å². The highest BCUT2D eigenvalue weighted by atomic mass is 79.9. The molecule has 2 amide bonds. The van der Waals surface area contributed by atoms with Gasteiger partial charge in [0.2, 0.25) is 5.91 Å². The first-order valence-electron chi connectivity index (χ1n) is 9.41. The van der Waals surface area contributed by atoms with Gasteiger partial charge in [0.05, 0.1) is 24.8 Å². The second-order valence-corrected chi connectivity index (χ2v) is 8.24. The molecule has 144 valence electrons. The van der Waals surface area contributed by atoms with Crippen molar-refractivity contribution in [2.45, 2.75) is 18.5 Å². The number of benzene rings is 2. The van der Waals surface area contributed by atoms with Crippen LogP contribution in [0.15, 0.2) is 53.0 Å². The van der Waals surface area contributed by atoms with Crippen LogP contribution in [0.1, 0.15) is 18.0 Å². The van der Waals surface area contributed by atoms with Gasteiger partial charge in [-0.2, -0.15) is 0 Å². The Morgan fingerprint density at radius 2 is 1.61 bits per heavy atom. The van der Waals surface area contributed by atoms with Crippen LogP contribution in [0, 0.1) is 5.92 Å². The van der Waals surface area contributed by atoms with Crippen molar-refractivity contribution in [2.75, 3.05) is 25.1 Å². The third-order valence-electron chi connectivity index (χ3n) is 5.95. The molecule has 3 fully saturated rings. The average Bonchev–Trinajstić information content (AvgIpc) is 3.35. The lowest BCUT2D eigenvalue weighted by Gasteiger charge is -2.30. The van der Waals surface area contributed by atoms with E-state index in [0.29, 0.717) is 5.69 Å². The molecule has 3 atom stereocenters. The summed E-state index contributed by atoms with van der Waals surface area (Å²) in [6.07, 6.45) is 0.981. The number of hydrazine groups is 1. The number of carbonyl (C=O) groups is 2. The van der Waals surface area contributed by atoms with E-state index in [9.17, 15) is 9.59 Å². The molecule has 0 aromatic heterocycles. The number of anilines is 1. The Balaban J connectivity index is 1.60. The van der Waals surface area contributed by atoms with Crippen LogP contribution in [0.3, 0.4) is 0 Å². The smallest absolute Gasteiger partial charge is 0.253 e. The SMILES string of the molecule is COc1ccccc1[C@H]1[C@@H]2C(=O)N(c3ccc(Br)cc3)C(=O)[C@H]2N2CCCN12. The summed E-state index contributed by atoms with van der Waals surface area (Å²) in [6.45, 7) is 1.63. The van der Waals surface area contributed by atoms with Crippen molar-refractivity contribution in [1.82, 2.24) is 10.0 Å². The van der Waals surface area contributed by atoms with E-state index < -0.39 is 12.0 Å². The zero-order valence-electron chi connectivity index (χ0n) is 15.4. The van der Waals surface area contributed by atoms with E-state index in [4.69, 9.17) is 4.74 Å². The van der Waals surface area contributed by atoms with Crippen molar-refractivity contribution in [2.24, 2.45) is 5.92 Å². The number of hydrogen-bond donors (Lipinski definition) is 0. The Bertz CT molecular complexity index is 948. The van der Waals surface area contributed by atoms with Gasteiger partial charge in [-0.1, -0.05) is 34.1 Å². The first-order valence-corrected chi connectivity index (χ1v) is 10.2. The highest BCUT2D eigenvalue weighted by molar-refractivity contribution is 9.10. The van der Waals surface area contributed by atoms with Gasteiger partial charge in [-0.15, -0.1) is 0 Å². The maximum atomic E-state index is 13.5. The number of fused-ring (bicyclic) bond motifs is 3. The minimum atomic E-state index is -0.450. The molecule has 7 heteroatoms. The Labute approximate surface area is 171 Å². The molecule has 6 nitrogen and oxygen atoms in total. The Kier molecular flexibility index (Phi) is 4.26. The van der Waals surface area contributed by atoms with Gasteiger partial charge in [0.15, 0.2) is 0 Å². The molecule has 2 aromatic carbocycles. The summed E-state index contributed by atoms with van der Waals surface area (Å²) in [5, 5.41) is 4.29. The van der Waals surface area contributed by atoms with E-state index in [1.165, 1.54) is 4.90 Å². The van der Waals surface area contributed by atoms with Crippen molar-refractivity contribution in [3.8, 4) is 5.75 Å². The van der Waals surface area contributed by atoms with Crippen LogP contribution >= 0.6 is 15.9 Å². The maximum Gasteiger partial charge on any atom is 0.253 e. The molecule has 0 bridgehead atoms. The van der Waals surface area contributed by atoms with E-state index in [0.717, 1.165) is 35.3 Å². The van der Waals surface area contributed by atoms with Crippen molar-refractivity contribution in [1.29, 1.82) is 0 Å². The zero-order chi connectivity index (χ0) is 19.4. The lowest BCUT2D eigenvalue weighted by molar-refractivity contribution is -0.126. The van der Waals surface area contributed by atoms with Gasteiger partial charge < -0.3 is 4.74 Å². The number of hydrogen-bond acceptors (Lipinski definition) is 5. The standard InChI is InChI=1S/C21H20BrN3O3/c1-28-16-6-3-2-5-15(16)18-17-19(24-12-4-11-23(18)24)21(27)25(20(17)26)14-9-7-13(22)8-10-14/h2-3,5-10,17-19H,4,11-12H2,1H3/t17-,18-,19-/m0/s1. The van der Waals surface area contributed by atoms with Gasteiger partial charge in [-0.25, -0.2) is 14.9 Å². The quantitative estimate of drug-likeness (QED) is 0.685. The van der Waals surface area contributed by atoms with Crippen LogP contribution in [0.5, 0.6) is 5.75 Å². The molecule has 0 aliphatic carbocycles. The van der Waals surface area contributed by atoms with Gasteiger partial charge in [-0.05, 0) is 36.8 Å². The van der Waals surface area contributed by atoms with E-state index in [-0.39, 0.29) is 17.9 Å². The molecule has 0 spiro atoms. The molecule has 3 heterocycles. The second kappa shape index (κ2) is 6.69. The summed E-state index contributed by atoms with van der Waals surface area (Å²) < 4.78 is 6.49. The summed E-state index contributed by atoms with van der Waals surface area (Å²) >= 11 is 3.41. The molecule has 5 rings (SSSR count). The van der Waals surface area contributed by atoms with Gasteiger partial charge >= 0.3 is 0 Å². The van der Waals surface area contributed by atoms with Crippen molar-refractivity contribution >= 4 is 33.4 Å². The minimum Gasteiger partial charge on any atom is -0.496 e. The minimum absolute atomic E-state index is 0.136. The van der Waals surface area contributed by atoms with Crippen LogP contribution in [-0.4, -0.2) is 48.1 Å². The fraction of sp³-hybridized carbons (Fsp3) is 0.333. The predicted molar refractivity (Wildman–Crippen MR) is 108 cm³/mol. The molecule has 0 N–H and O–H groups in total. The summed E-state index contributed by atoms with van der Waals surface area (Å²) in [6, 6.07) is 14.5. The maximum absolute atomic E-state index is 13.5. The largest absolute Gasteiger partial charge is 0.496 e. The summed E-state index contributed by atoms with van der Waals surface area (Å²) in [5.41, 5.74) is 1.58. The Hall–Kier alpha value is -2.22. The number of carbonyl (C=O) groups excluding carboxylic acids is 2. The van der Waals surface area contributed by atoms with E-state index >= 15 is 0 Å². The van der Waals surface area contributed by atoms with E-state index in [2.05, 4.69) is 25.9 Å². The summed E-state index contributed by atoms with van der Waals surface area (Å²) in [4.78, 5) is 28.2.